The first-order chi connectivity index (χ1) is 6.14. The molecule has 4 nitrogen and oxygen atoms in total. The summed E-state index contributed by atoms with van der Waals surface area (Å²) in [5, 5.41) is 6.08. The maximum atomic E-state index is 11.0. The summed E-state index contributed by atoms with van der Waals surface area (Å²) in [4.78, 5) is 0. The predicted octanol–water partition coefficient (Wildman–Crippen LogP) is 1.71. The fourth-order valence-corrected chi connectivity index (χ4v) is 2.22. The normalized spacial score (nSPS) is 19.6. The van der Waals surface area contributed by atoms with Gasteiger partial charge in [-0.25, -0.2) is 0 Å². The summed E-state index contributed by atoms with van der Waals surface area (Å²) < 4.78 is 26.5. The summed E-state index contributed by atoms with van der Waals surface area (Å²) in [5.74, 6) is 0.0157. The Hall–Kier alpha value is -0.490. The number of allylic oxidation sites excluding steroid dienone is 1. The number of thioether (sulfide) groups is 1. The lowest BCUT2D eigenvalue weighted by atomic mass is 10.5. The van der Waals surface area contributed by atoms with E-state index in [1.54, 1.807) is 6.92 Å². The van der Waals surface area contributed by atoms with E-state index in [-0.39, 0.29) is 5.75 Å². The highest BCUT2D eigenvalue weighted by Gasteiger charge is 2.11. The zero-order valence-electron chi connectivity index (χ0n) is 7.26. The van der Waals surface area contributed by atoms with Crippen LogP contribution in [0.15, 0.2) is 16.6 Å². The van der Waals surface area contributed by atoms with Crippen molar-refractivity contribution in [2.75, 3.05) is 5.75 Å². The van der Waals surface area contributed by atoms with Gasteiger partial charge in [0.2, 0.25) is 0 Å². The molecule has 0 bridgehead atoms. The van der Waals surface area contributed by atoms with Crippen molar-refractivity contribution in [1.29, 1.82) is 0 Å². The number of hydrogen-bond donors (Lipinski definition) is 0. The van der Waals surface area contributed by atoms with Crippen molar-refractivity contribution >= 4 is 26.9 Å². The highest BCUT2D eigenvalue weighted by molar-refractivity contribution is 8.16. The van der Waals surface area contributed by atoms with Crippen molar-refractivity contribution in [2.45, 2.75) is 19.8 Å². The second kappa shape index (κ2) is 4.66. The van der Waals surface area contributed by atoms with Gasteiger partial charge in [0.25, 0.3) is 0 Å². The molecule has 0 aromatic carbocycles. The van der Waals surface area contributed by atoms with Crippen LogP contribution in [-0.4, -0.2) is 19.2 Å². The van der Waals surface area contributed by atoms with Crippen molar-refractivity contribution in [3.05, 3.63) is 11.5 Å². The zero-order chi connectivity index (χ0) is 9.73. The van der Waals surface area contributed by atoms with E-state index in [1.165, 1.54) is 11.8 Å². The Labute approximate surface area is 82.2 Å². The quantitative estimate of drug-likeness (QED) is 0.678. The van der Waals surface area contributed by atoms with E-state index in [4.69, 9.17) is 0 Å². The molecule has 0 fully saturated rings. The third-order valence-electron chi connectivity index (χ3n) is 1.30. The Bertz CT molecular complexity index is 309. The molecule has 0 saturated carbocycles. The van der Waals surface area contributed by atoms with Crippen LogP contribution >= 0.6 is 11.8 Å². The van der Waals surface area contributed by atoms with Gasteiger partial charge in [0.15, 0.2) is 0 Å². The van der Waals surface area contributed by atoms with E-state index >= 15 is 0 Å². The summed E-state index contributed by atoms with van der Waals surface area (Å²) in [5.41, 5.74) is 0. The first kappa shape index (κ1) is 10.6. The van der Waals surface area contributed by atoms with Crippen LogP contribution in [0.2, 0.25) is 0 Å². The summed E-state index contributed by atoms with van der Waals surface area (Å²) in [6.45, 7) is 1.78. The van der Waals surface area contributed by atoms with Gasteiger partial charge >= 0.3 is 10.1 Å². The Morgan fingerprint density at radius 3 is 3.00 bits per heavy atom. The third-order valence-corrected chi connectivity index (χ3v) is 3.35. The lowest BCUT2D eigenvalue weighted by Gasteiger charge is -1.99. The minimum Gasteiger partial charge on any atom is -0.268 e. The van der Waals surface area contributed by atoms with Crippen molar-refractivity contribution < 1.29 is 12.7 Å². The SMILES string of the molecule is CCCS(=O)(=O)O/N=C1/CC=CS1. The van der Waals surface area contributed by atoms with Gasteiger partial charge in [0.05, 0.1) is 5.75 Å². The summed E-state index contributed by atoms with van der Waals surface area (Å²) >= 11 is 1.38. The van der Waals surface area contributed by atoms with E-state index in [2.05, 4.69) is 9.44 Å². The van der Waals surface area contributed by atoms with Crippen LogP contribution < -0.4 is 0 Å². The molecule has 1 aliphatic rings. The fourth-order valence-electron chi connectivity index (χ4n) is 0.768. The molecule has 1 aliphatic heterocycles. The lowest BCUT2D eigenvalue weighted by Crippen LogP contribution is -2.07. The van der Waals surface area contributed by atoms with Gasteiger partial charge < -0.3 is 0 Å². The first-order valence-electron chi connectivity index (χ1n) is 3.94. The van der Waals surface area contributed by atoms with Crippen LogP contribution in [0.5, 0.6) is 0 Å². The van der Waals surface area contributed by atoms with Crippen LogP contribution in [0.4, 0.5) is 0 Å². The molecule has 0 unspecified atom stereocenters. The van der Waals surface area contributed by atoms with Gasteiger partial charge in [-0.15, -0.1) is 0 Å². The fraction of sp³-hybridized carbons (Fsp3) is 0.571. The van der Waals surface area contributed by atoms with Crippen molar-refractivity contribution in [3.8, 4) is 0 Å². The molecule has 0 aliphatic carbocycles. The van der Waals surface area contributed by atoms with Crippen LogP contribution in [0.25, 0.3) is 0 Å². The minimum atomic E-state index is -3.45. The second-order valence-electron chi connectivity index (χ2n) is 2.52. The molecule has 0 aromatic heterocycles. The highest BCUT2D eigenvalue weighted by Crippen LogP contribution is 2.18. The van der Waals surface area contributed by atoms with E-state index < -0.39 is 10.1 Å². The molecular weight excluding hydrogens is 210 g/mol. The monoisotopic (exact) mass is 221 g/mol. The summed E-state index contributed by atoms with van der Waals surface area (Å²) in [6.07, 6.45) is 3.10. The van der Waals surface area contributed by atoms with Gasteiger partial charge in [-0.05, 0) is 11.8 Å². The molecule has 6 heteroatoms. The molecule has 1 rings (SSSR count). The number of oxime groups is 1. The largest absolute Gasteiger partial charge is 0.328 e. The molecule has 0 amide bonds. The summed E-state index contributed by atoms with van der Waals surface area (Å²) in [7, 11) is -3.45. The molecule has 0 aromatic rings. The third kappa shape index (κ3) is 3.82. The molecule has 74 valence electrons. The van der Waals surface area contributed by atoms with Gasteiger partial charge in [-0.1, -0.05) is 29.9 Å². The standard InChI is InChI=1S/C7H11NO3S2/c1-2-6-13(9,10)11-8-7-4-3-5-12-7/h3,5H,2,4,6H2,1H3/b8-7-. The Morgan fingerprint density at radius 1 is 1.69 bits per heavy atom. The number of rotatable bonds is 4. The maximum Gasteiger partial charge on any atom is 0.328 e. The highest BCUT2D eigenvalue weighted by atomic mass is 32.2. The van der Waals surface area contributed by atoms with Crippen LogP contribution in [0.3, 0.4) is 0 Å². The van der Waals surface area contributed by atoms with E-state index in [9.17, 15) is 8.42 Å². The average Bonchev–Trinajstić information content (AvgIpc) is 2.52. The van der Waals surface area contributed by atoms with Crippen LogP contribution in [0, 0.1) is 0 Å². The summed E-state index contributed by atoms with van der Waals surface area (Å²) in [6, 6.07) is 0. The topological polar surface area (TPSA) is 55.7 Å². The number of nitrogens with zero attached hydrogens (tertiary/aromatic N) is 1. The van der Waals surface area contributed by atoms with E-state index in [0.29, 0.717) is 17.9 Å². The second-order valence-corrected chi connectivity index (χ2v) is 5.17. The molecule has 13 heavy (non-hydrogen) atoms. The molecule has 0 N–H and O–H groups in total. The van der Waals surface area contributed by atoms with Gasteiger partial charge in [-0.3, -0.25) is 4.28 Å². The Morgan fingerprint density at radius 2 is 2.46 bits per heavy atom. The molecule has 0 saturated heterocycles. The van der Waals surface area contributed by atoms with Gasteiger partial charge in [-0.2, -0.15) is 8.42 Å². The Kier molecular flexibility index (Phi) is 3.80. The van der Waals surface area contributed by atoms with Gasteiger partial charge in [0, 0.05) is 6.42 Å². The average molecular weight is 221 g/mol. The van der Waals surface area contributed by atoms with Crippen molar-refractivity contribution in [2.24, 2.45) is 5.16 Å². The van der Waals surface area contributed by atoms with Gasteiger partial charge in [0.1, 0.15) is 5.04 Å². The van der Waals surface area contributed by atoms with Crippen molar-refractivity contribution in [3.63, 3.8) is 0 Å². The smallest absolute Gasteiger partial charge is 0.268 e. The number of hydrogen-bond acceptors (Lipinski definition) is 5. The zero-order valence-corrected chi connectivity index (χ0v) is 8.90. The van der Waals surface area contributed by atoms with Crippen LogP contribution in [-0.2, 0) is 14.4 Å². The minimum absolute atomic E-state index is 0.0157. The maximum absolute atomic E-state index is 11.0. The molecule has 0 radical (unpaired) electrons. The molecule has 0 atom stereocenters. The predicted molar refractivity (Wildman–Crippen MR) is 53.9 cm³/mol. The first-order valence-corrected chi connectivity index (χ1v) is 6.39. The van der Waals surface area contributed by atoms with E-state index in [1.807, 2.05) is 11.5 Å². The Balaban J connectivity index is 2.45. The van der Waals surface area contributed by atoms with Crippen molar-refractivity contribution in [1.82, 2.24) is 0 Å². The molecule has 1 heterocycles. The van der Waals surface area contributed by atoms with Crippen LogP contribution in [0.1, 0.15) is 19.8 Å². The van der Waals surface area contributed by atoms with E-state index in [0.717, 1.165) is 0 Å². The molecule has 0 spiro atoms. The lowest BCUT2D eigenvalue weighted by molar-refractivity contribution is 0.339. The molecular formula is C7H11NO3S2.